The molecule has 0 aliphatic carbocycles. The number of allylic oxidation sites excluding steroid dienone is 18. The molecule has 0 N–H and O–H groups in total. The quantitative estimate of drug-likeness (QED) is 0.0195. The summed E-state index contributed by atoms with van der Waals surface area (Å²) in [4.78, 5) is 37.6. The fourth-order valence-electron chi connectivity index (χ4n) is 10.4. The molecule has 0 aromatic heterocycles. The van der Waals surface area contributed by atoms with Crippen molar-refractivity contribution in [2.45, 2.75) is 334 Å². The van der Waals surface area contributed by atoms with Crippen molar-refractivity contribution in [1.82, 2.24) is 0 Å². The van der Waals surface area contributed by atoms with Crippen molar-refractivity contribution in [3.05, 3.63) is 109 Å². The normalized spacial score (nSPS) is 13.3. The van der Waals surface area contributed by atoms with Crippen LogP contribution < -0.4 is 5.11 Å². The third kappa shape index (κ3) is 71.3. The summed E-state index contributed by atoms with van der Waals surface area (Å²) in [5.41, 5.74) is 0. The van der Waals surface area contributed by atoms with Crippen LogP contribution in [0, 0.1) is 0 Å². The molecule has 0 bridgehead atoms. The van der Waals surface area contributed by atoms with Gasteiger partial charge in [-0.2, -0.15) is 0 Å². The van der Waals surface area contributed by atoms with Gasteiger partial charge in [0.2, 0.25) is 0 Å². The number of quaternary nitrogens is 1. The SMILES string of the molecule is CC/C=C\C/C=C\C/C=C\C/C=C\C/C=C\C/C=C\CCCCCCCCCCCCCCCCC(=O)OC(COC(=O)CCCCCCCCCCCCCCCCCC/C=C\C/C=C\C/C=C\CCCCCCC)COC(OCC[N+](C)(C)C)C(=O)[O-]. The van der Waals surface area contributed by atoms with Gasteiger partial charge in [-0.05, 0) is 103 Å². The van der Waals surface area contributed by atoms with Crippen LogP contribution in [0.25, 0.3) is 0 Å². The first kappa shape index (κ1) is 85.0. The second kappa shape index (κ2) is 69.8. The van der Waals surface area contributed by atoms with E-state index in [1.807, 2.05) is 21.1 Å². The van der Waals surface area contributed by atoms with E-state index in [1.54, 1.807) is 0 Å². The molecule has 2 unspecified atom stereocenters. The molecule has 9 heteroatoms. The first-order chi connectivity index (χ1) is 43.6. The summed E-state index contributed by atoms with van der Waals surface area (Å²) < 4.78 is 22.8. The van der Waals surface area contributed by atoms with Crippen molar-refractivity contribution in [2.75, 3.05) is 47.5 Å². The molecule has 0 amide bonds. The highest BCUT2D eigenvalue weighted by Gasteiger charge is 2.22. The van der Waals surface area contributed by atoms with Crippen molar-refractivity contribution in [1.29, 1.82) is 0 Å². The van der Waals surface area contributed by atoms with Gasteiger partial charge in [0.05, 0.1) is 40.3 Å². The number of aliphatic carboxylic acids is 1. The molecule has 0 spiro atoms. The van der Waals surface area contributed by atoms with Crippen LogP contribution in [-0.2, 0) is 33.3 Å². The zero-order valence-corrected chi connectivity index (χ0v) is 58.5. The molecule has 0 aliphatic rings. The molecule has 0 saturated heterocycles. The van der Waals surface area contributed by atoms with Gasteiger partial charge in [0.1, 0.15) is 13.2 Å². The Kier molecular flexibility index (Phi) is 66.7. The molecule has 2 atom stereocenters. The van der Waals surface area contributed by atoms with Crippen LogP contribution in [0.5, 0.6) is 0 Å². The van der Waals surface area contributed by atoms with Crippen molar-refractivity contribution in [3.63, 3.8) is 0 Å². The minimum absolute atomic E-state index is 0.145. The number of esters is 2. The van der Waals surface area contributed by atoms with Gasteiger partial charge in [-0.25, -0.2) is 0 Å². The molecule has 0 saturated carbocycles. The summed E-state index contributed by atoms with van der Waals surface area (Å²) >= 11 is 0. The highest BCUT2D eigenvalue weighted by atomic mass is 16.7. The molecular weight excluding hydrogens is 1100 g/mol. The van der Waals surface area contributed by atoms with Crippen LogP contribution in [0.4, 0.5) is 0 Å². The fourth-order valence-corrected chi connectivity index (χ4v) is 10.4. The van der Waals surface area contributed by atoms with E-state index in [1.165, 1.54) is 199 Å². The molecule has 0 aromatic rings. The highest BCUT2D eigenvalue weighted by molar-refractivity contribution is 5.70. The summed E-state index contributed by atoms with van der Waals surface area (Å²) in [6.07, 6.45) is 94.6. The Labute approximate surface area is 549 Å². The molecule has 512 valence electrons. The van der Waals surface area contributed by atoms with Crippen LogP contribution in [0.1, 0.15) is 322 Å². The Morgan fingerprint density at radius 3 is 0.955 bits per heavy atom. The minimum Gasteiger partial charge on any atom is -0.545 e. The Balaban J connectivity index is 4.09. The summed E-state index contributed by atoms with van der Waals surface area (Å²) in [6, 6.07) is 0. The smallest absolute Gasteiger partial charge is 0.306 e. The van der Waals surface area contributed by atoms with Crippen LogP contribution >= 0.6 is 0 Å². The molecular formula is C80H139NO8. The zero-order chi connectivity index (χ0) is 64.7. The minimum atomic E-state index is -1.63. The molecule has 0 heterocycles. The van der Waals surface area contributed by atoms with E-state index < -0.39 is 24.3 Å². The topological polar surface area (TPSA) is 111 Å². The molecule has 0 aliphatic heterocycles. The van der Waals surface area contributed by atoms with Crippen molar-refractivity contribution < 1.29 is 42.9 Å². The Hall–Kier alpha value is -4.05. The van der Waals surface area contributed by atoms with Crippen molar-refractivity contribution in [2.24, 2.45) is 0 Å². The van der Waals surface area contributed by atoms with Crippen LogP contribution in [-0.4, -0.2) is 82.3 Å². The zero-order valence-electron chi connectivity index (χ0n) is 58.5. The largest absolute Gasteiger partial charge is 0.545 e. The average Bonchev–Trinajstić information content (AvgIpc) is 3.64. The lowest BCUT2D eigenvalue weighted by Crippen LogP contribution is -2.44. The van der Waals surface area contributed by atoms with E-state index in [-0.39, 0.29) is 38.6 Å². The number of carbonyl (C=O) groups excluding carboxylic acids is 3. The number of carbonyl (C=O) groups is 3. The van der Waals surface area contributed by atoms with Gasteiger partial charge in [0.25, 0.3) is 0 Å². The fraction of sp³-hybridized carbons (Fsp3) is 0.738. The lowest BCUT2D eigenvalue weighted by Gasteiger charge is -2.26. The standard InChI is InChI=1S/C80H139NO8/c1-6-8-10-12-14-16-18-20-22-24-26-28-30-32-34-36-38-39-41-43-45-47-49-51-53-55-57-59-61-63-65-67-69-71-78(83)89-76(75-88-80(79(84)85)86-73-72-81(3,4)5)74-87-77(82)70-68-66-64-62-60-58-56-54-52-50-48-46-44-42-40-37-35-33-31-29-27-25-23-21-19-17-15-13-11-9-7-2/h8,10,14,16,19-22,25-28,31-34,38-39,76,80H,6-7,9,11-13,15,17-18,23-24,29-30,35-37,40-75H2,1-5H3/b10-8-,16-14-,21-19-,22-20-,27-25-,28-26-,33-31-,34-32-,39-38-. The predicted octanol–water partition coefficient (Wildman–Crippen LogP) is 22.0. The number of rotatable bonds is 68. The second-order valence-electron chi connectivity index (χ2n) is 25.9. The Morgan fingerprint density at radius 2 is 0.640 bits per heavy atom. The number of unbranched alkanes of at least 4 members (excludes halogenated alkanes) is 35. The van der Waals surface area contributed by atoms with Crippen molar-refractivity contribution >= 4 is 17.9 Å². The van der Waals surface area contributed by atoms with Gasteiger partial charge in [-0.3, -0.25) is 9.59 Å². The van der Waals surface area contributed by atoms with Gasteiger partial charge in [-0.1, -0.05) is 316 Å². The van der Waals surface area contributed by atoms with E-state index >= 15 is 0 Å². The lowest BCUT2D eigenvalue weighted by molar-refractivity contribution is -0.870. The first-order valence-electron chi connectivity index (χ1n) is 37.0. The molecule has 0 radical (unpaired) electrons. The predicted molar refractivity (Wildman–Crippen MR) is 380 cm³/mol. The molecule has 9 nitrogen and oxygen atoms in total. The second-order valence-corrected chi connectivity index (χ2v) is 25.9. The third-order valence-corrected chi connectivity index (χ3v) is 16.0. The summed E-state index contributed by atoms with van der Waals surface area (Å²) in [5.74, 6) is -2.27. The van der Waals surface area contributed by atoms with E-state index in [9.17, 15) is 19.5 Å². The van der Waals surface area contributed by atoms with Crippen LogP contribution in [0.15, 0.2) is 109 Å². The van der Waals surface area contributed by atoms with E-state index in [0.29, 0.717) is 17.4 Å². The number of carboxylic acid groups (broad SMARTS) is 1. The summed E-state index contributed by atoms with van der Waals surface area (Å²) in [5, 5.41) is 11.8. The number of hydrogen-bond donors (Lipinski definition) is 0. The number of carboxylic acids is 1. The molecule has 0 rings (SSSR count). The maximum absolute atomic E-state index is 13.0. The maximum Gasteiger partial charge on any atom is 0.306 e. The third-order valence-electron chi connectivity index (χ3n) is 16.0. The van der Waals surface area contributed by atoms with E-state index in [2.05, 4.69) is 123 Å². The summed E-state index contributed by atoms with van der Waals surface area (Å²) in [6.45, 7) is 4.65. The number of likely N-dealkylation sites (N-methyl/N-ethyl adjacent to an activating group) is 1. The monoisotopic (exact) mass is 1240 g/mol. The van der Waals surface area contributed by atoms with Gasteiger partial charge >= 0.3 is 11.9 Å². The number of ether oxygens (including phenoxy) is 4. The van der Waals surface area contributed by atoms with E-state index in [0.717, 1.165) is 89.9 Å². The lowest BCUT2D eigenvalue weighted by atomic mass is 10.0. The number of hydrogen-bond acceptors (Lipinski definition) is 8. The number of nitrogens with zero attached hydrogens (tertiary/aromatic N) is 1. The van der Waals surface area contributed by atoms with Crippen molar-refractivity contribution in [3.8, 4) is 0 Å². The molecule has 0 fully saturated rings. The van der Waals surface area contributed by atoms with E-state index in [4.69, 9.17) is 18.9 Å². The highest BCUT2D eigenvalue weighted by Crippen LogP contribution is 2.18. The van der Waals surface area contributed by atoms with Gasteiger partial charge in [0.15, 0.2) is 12.4 Å². The van der Waals surface area contributed by atoms with Gasteiger partial charge in [-0.15, -0.1) is 0 Å². The van der Waals surface area contributed by atoms with Crippen LogP contribution in [0.3, 0.4) is 0 Å². The van der Waals surface area contributed by atoms with Gasteiger partial charge < -0.3 is 33.3 Å². The first-order valence-corrected chi connectivity index (χ1v) is 37.0. The summed E-state index contributed by atoms with van der Waals surface area (Å²) in [7, 11) is 5.94. The molecule has 89 heavy (non-hydrogen) atoms. The molecule has 0 aromatic carbocycles. The Morgan fingerprint density at radius 1 is 0.348 bits per heavy atom. The van der Waals surface area contributed by atoms with Crippen LogP contribution in [0.2, 0.25) is 0 Å². The average molecular weight is 1240 g/mol. The van der Waals surface area contributed by atoms with Gasteiger partial charge in [0, 0.05) is 12.8 Å². The maximum atomic E-state index is 13.0. The Bertz CT molecular complexity index is 1830.